The molecule has 1 atom stereocenters. The van der Waals surface area contributed by atoms with Crippen LogP contribution in [0.2, 0.25) is 0 Å². The van der Waals surface area contributed by atoms with E-state index in [1.165, 1.54) is 41.8 Å². The van der Waals surface area contributed by atoms with E-state index < -0.39 is 23.5 Å². The van der Waals surface area contributed by atoms with Gasteiger partial charge in [0.1, 0.15) is 17.4 Å². The Labute approximate surface area is 227 Å². The predicted molar refractivity (Wildman–Crippen MR) is 145 cm³/mol. The summed E-state index contributed by atoms with van der Waals surface area (Å²) >= 11 is 1.17. The SMILES string of the molecule is COc1ccccc1NC(=O)C(C(N)=O)c1ccc(Oc2ccnc3cc(C(=O)N(C)N(C)C)sc23)c(F)c1. The number of carbonyl (C=O) groups excluding carboxylic acids is 3. The standard InChI is InChI=1S/C27H26FN5O5S/c1-32(2)33(3)27(36)22-14-18-24(39-22)21(11-12-30-18)38-19-10-9-15(13-16(19)28)23(25(29)34)26(35)31-17-7-5-6-8-20(17)37-4/h5-14,23H,1-4H3,(H2,29,34)(H,31,35). The van der Waals surface area contributed by atoms with Crippen molar-refractivity contribution in [3.8, 4) is 17.2 Å². The second kappa shape index (κ2) is 11.5. The molecule has 0 saturated heterocycles. The topological polar surface area (TPSA) is 127 Å². The van der Waals surface area contributed by atoms with Gasteiger partial charge in [-0.25, -0.2) is 9.40 Å². The molecule has 4 aromatic rings. The predicted octanol–water partition coefficient (Wildman–Crippen LogP) is 3.99. The molecule has 0 spiro atoms. The van der Waals surface area contributed by atoms with Gasteiger partial charge in [-0.15, -0.1) is 11.3 Å². The van der Waals surface area contributed by atoms with Gasteiger partial charge in [0, 0.05) is 33.4 Å². The van der Waals surface area contributed by atoms with E-state index >= 15 is 4.39 Å². The average Bonchev–Trinajstić information content (AvgIpc) is 3.35. The molecule has 4 rings (SSSR count). The van der Waals surface area contributed by atoms with Crippen molar-refractivity contribution in [1.82, 2.24) is 15.0 Å². The van der Waals surface area contributed by atoms with Crippen LogP contribution in [0.5, 0.6) is 17.2 Å². The van der Waals surface area contributed by atoms with Gasteiger partial charge in [0.05, 0.1) is 27.9 Å². The van der Waals surface area contributed by atoms with Crippen LogP contribution in [0.15, 0.2) is 60.8 Å². The molecule has 0 fully saturated rings. The Morgan fingerprint density at radius 2 is 1.77 bits per heavy atom. The molecule has 2 heterocycles. The van der Waals surface area contributed by atoms with Crippen LogP contribution in [0, 0.1) is 5.82 Å². The van der Waals surface area contributed by atoms with Crippen molar-refractivity contribution < 1.29 is 28.2 Å². The van der Waals surface area contributed by atoms with E-state index in [0.29, 0.717) is 32.3 Å². The number of hydrogen-bond donors (Lipinski definition) is 2. The zero-order chi connectivity index (χ0) is 28.3. The van der Waals surface area contributed by atoms with E-state index in [1.807, 2.05) is 0 Å². The van der Waals surface area contributed by atoms with Gasteiger partial charge < -0.3 is 20.5 Å². The minimum atomic E-state index is -1.47. The van der Waals surface area contributed by atoms with E-state index in [2.05, 4.69) is 10.3 Å². The first-order valence-electron chi connectivity index (χ1n) is 11.6. The molecular weight excluding hydrogens is 525 g/mol. The molecule has 1 unspecified atom stereocenters. The highest BCUT2D eigenvalue weighted by Crippen LogP contribution is 2.37. The Hall–Kier alpha value is -4.55. The van der Waals surface area contributed by atoms with E-state index in [-0.39, 0.29) is 17.2 Å². The number of rotatable bonds is 9. The molecule has 2 aromatic heterocycles. The molecule has 0 aliphatic rings. The lowest BCUT2D eigenvalue weighted by molar-refractivity contribution is -0.127. The van der Waals surface area contributed by atoms with Crippen molar-refractivity contribution in [2.45, 2.75) is 5.92 Å². The maximum absolute atomic E-state index is 15.2. The molecule has 0 radical (unpaired) electrons. The number of methoxy groups -OCH3 is 1. The van der Waals surface area contributed by atoms with Crippen LogP contribution < -0.4 is 20.5 Å². The van der Waals surface area contributed by atoms with Gasteiger partial charge >= 0.3 is 0 Å². The van der Waals surface area contributed by atoms with Crippen molar-refractivity contribution in [2.75, 3.05) is 33.6 Å². The van der Waals surface area contributed by atoms with Crippen LogP contribution in [-0.2, 0) is 9.59 Å². The van der Waals surface area contributed by atoms with Crippen LogP contribution in [0.1, 0.15) is 21.2 Å². The van der Waals surface area contributed by atoms with Gasteiger partial charge in [-0.3, -0.25) is 24.4 Å². The summed E-state index contributed by atoms with van der Waals surface area (Å²) in [5.74, 6) is -3.67. The third-order valence-electron chi connectivity index (χ3n) is 5.90. The number of benzene rings is 2. The Kier molecular flexibility index (Phi) is 8.07. The second-order valence-corrected chi connectivity index (χ2v) is 9.68. The van der Waals surface area contributed by atoms with Gasteiger partial charge in [0.25, 0.3) is 5.91 Å². The summed E-state index contributed by atoms with van der Waals surface area (Å²) in [7, 11) is 6.58. The average molecular weight is 552 g/mol. The summed E-state index contributed by atoms with van der Waals surface area (Å²) in [5, 5.41) is 5.69. The molecule has 0 aliphatic carbocycles. The molecule has 0 saturated carbocycles. The van der Waals surface area contributed by atoms with Gasteiger partial charge in [-0.2, -0.15) is 0 Å². The van der Waals surface area contributed by atoms with Gasteiger partial charge in [-0.05, 0) is 35.9 Å². The van der Waals surface area contributed by atoms with Crippen LogP contribution in [0.4, 0.5) is 10.1 Å². The number of amides is 3. The van der Waals surface area contributed by atoms with E-state index in [9.17, 15) is 14.4 Å². The number of nitrogens with zero attached hydrogens (tertiary/aromatic N) is 3. The van der Waals surface area contributed by atoms with Crippen LogP contribution >= 0.6 is 11.3 Å². The molecule has 10 nitrogen and oxygen atoms in total. The fourth-order valence-electron chi connectivity index (χ4n) is 3.74. The van der Waals surface area contributed by atoms with Crippen molar-refractivity contribution in [1.29, 1.82) is 0 Å². The highest BCUT2D eigenvalue weighted by atomic mass is 32.1. The van der Waals surface area contributed by atoms with Crippen LogP contribution in [0.3, 0.4) is 0 Å². The number of carbonyl (C=O) groups is 3. The third kappa shape index (κ3) is 5.81. The molecule has 3 amide bonds. The fraction of sp³-hybridized carbons (Fsp3) is 0.185. The Balaban J connectivity index is 1.59. The largest absolute Gasteiger partial charge is 0.495 e. The molecule has 3 N–H and O–H groups in total. The number of anilines is 1. The minimum Gasteiger partial charge on any atom is -0.495 e. The molecule has 39 heavy (non-hydrogen) atoms. The maximum Gasteiger partial charge on any atom is 0.278 e. The van der Waals surface area contributed by atoms with Crippen molar-refractivity contribution in [3.05, 3.63) is 77.1 Å². The number of fused-ring (bicyclic) bond motifs is 1. The molecule has 0 bridgehead atoms. The summed E-state index contributed by atoms with van der Waals surface area (Å²) in [6, 6.07) is 13.6. The number of aromatic nitrogens is 1. The molecular formula is C27H26FN5O5S. The molecule has 12 heteroatoms. The van der Waals surface area contributed by atoms with Gasteiger partial charge in [0.15, 0.2) is 11.6 Å². The fourth-order valence-corrected chi connectivity index (χ4v) is 4.77. The molecule has 202 valence electrons. The Morgan fingerprint density at radius 1 is 1.03 bits per heavy atom. The zero-order valence-electron chi connectivity index (χ0n) is 21.6. The van der Waals surface area contributed by atoms with E-state index in [0.717, 1.165) is 6.07 Å². The number of primary amides is 1. The number of hydrazine groups is 1. The van der Waals surface area contributed by atoms with Gasteiger partial charge in [-0.1, -0.05) is 18.2 Å². The third-order valence-corrected chi connectivity index (χ3v) is 7.03. The van der Waals surface area contributed by atoms with Crippen LogP contribution in [-0.4, -0.2) is 61.0 Å². The number of thiophene rings is 1. The first kappa shape index (κ1) is 27.5. The number of hydrogen-bond acceptors (Lipinski definition) is 8. The summed E-state index contributed by atoms with van der Waals surface area (Å²) in [4.78, 5) is 42.6. The lowest BCUT2D eigenvalue weighted by Gasteiger charge is -2.23. The van der Waals surface area contributed by atoms with Crippen molar-refractivity contribution >= 4 is 45.0 Å². The Morgan fingerprint density at radius 3 is 2.44 bits per heavy atom. The van der Waals surface area contributed by atoms with E-state index in [1.54, 1.807) is 62.6 Å². The minimum absolute atomic E-state index is 0.0513. The monoisotopic (exact) mass is 551 g/mol. The van der Waals surface area contributed by atoms with Crippen molar-refractivity contribution in [2.24, 2.45) is 5.73 Å². The quantitative estimate of drug-likeness (QED) is 0.238. The lowest BCUT2D eigenvalue weighted by atomic mass is 9.97. The van der Waals surface area contributed by atoms with Gasteiger partial charge in [0.2, 0.25) is 11.8 Å². The number of ether oxygens (including phenoxy) is 2. The molecule has 2 aromatic carbocycles. The zero-order valence-corrected chi connectivity index (χ0v) is 22.4. The first-order chi connectivity index (χ1) is 18.6. The summed E-state index contributed by atoms with van der Waals surface area (Å²) < 4.78 is 26.8. The van der Waals surface area contributed by atoms with E-state index in [4.69, 9.17) is 15.2 Å². The molecule has 0 aliphatic heterocycles. The summed E-state index contributed by atoms with van der Waals surface area (Å²) in [6.07, 6.45) is 1.49. The maximum atomic E-state index is 15.2. The highest BCUT2D eigenvalue weighted by molar-refractivity contribution is 7.21. The summed E-state index contributed by atoms with van der Waals surface area (Å²) in [6.45, 7) is 0. The van der Waals surface area contributed by atoms with Crippen molar-refractivity contribution in [3.63, 3.8) is 0 Å². The first-order valence-corrected chi connectivity index (χ1v) is 12.5. The number of halogens is 1. The number of nitrogens with two attached hydrogens (primary N) is 1. The normalized spacial score (nSPS) is 11.7. The number of pyridine rings is 1. The lowest BCUT2D eigenvalue weighted by Crippen LogP contribution is -2.38. The second-order valence-electron chi connectivity index (χ2n) is 8.63. The number of para-hydroxylation sites is 2. The number of nitrogens with one attached hydrogen (secondary N) is 1. The Bertz CT molecular complexity index is 1560. The highest BCUT2D eigenvalue weighted by Gasteiger charge is 2.28. The summed E-state index contributed by atoms with van der Waals surface area (Å²) in [5.41, 5.74) is 6.42. The van der Waals surface area contributed by atoms with Crippen LogP contribution in [0.25, 0.3) is 10.2 Å². The smallest absolute Gasteiger partial charge is 0.278 e.